The minimum atomic E-state index is 0.880. The summed E-state index contributed by atoms with van der Waals surface area (Å²) >= 11 is 0. The predicted octanol–water partition coefficient (Wildman–Crippen LogP) is 4.60. The monoisotopic (exact) mass is 190 g/mol. The van der Waals surface area contributed by atoms with Gasteiger partial charge in [0.25, 0.3) is 0 Å². The van der Waals surface area contributed by atoms with Gasteiger partial charge >= 0.3 is 0 Å². The van der Waals surface area contributed by atoms with Crippen LogP contribution >= 0.6 is 0 Å². The normalized spacial score (nSPS) is 15.4. The van der Waals surface area contributed by atoms with E-state index in [9.17, 15) is 0 Å². The lowest BCUT2D eigenvalue weighted by Gasteiger charge is -2.27. The van der Waals surface area contributed by atoms with Crippen molar-refractivity contribution in [3.63, 3.8) is 0 Å². The topological polar surface area (TPSA) is 0 Å². The second-order valence-corrected chi connectivity index (χ2v) is 3.99. The van der Waals surface area contributed by atoms with E-state index in [-0.39, 0.29) is 0 Å². The fourth-order valence-corrected chi connectivity index (χ4v) is 2.00. The largest absolute Gasteiger partial charge is 0.0683 e. The van der Waals surface area contributed by atoms with E-state index in [0.717, 1.165) is 5.92 Å². The smallest absolute Gasteiger partial charge is 0.0159 e. The fraction of sp³-hybridized carbons (Fsp3) is 0.571. The van der Waals surface area contributed by atoms with Crippen LogP contribution in [0.2, 0.25) is 0 Å². The highest BCUT2D eigenvalue weighted by atomic mass is 14.2. The van der Waals surface area contributed by atoms with Crippen molar-refractivity contribution in [3.8, 4) is 0 Å². The summed E-state index contributed by atoms with van der Waals surface area (Å²) in [7, 11) is 0. The molecule has 0 N–H and O–H groups in total. The molecule has 0 heterocycles. The van der Waals surface area contributed by atoms with Gasteiger partial charge < -0.3 is 0 Å². The lowest BCUT2D eigenvalue weighted by atomic mass is 9.78. The van der Waals surface area contributed by atoms with Gasteiger partial charge in [0.15, 0.2) is 0 Å². The van der Waals surface area contributed by atoms with Gasteiger partial charge in [-0.3, -0.25) is 0 Å². The van der Waals surface area contributed by atoms with Gasteiger partial charge in [-0.25, -0.2) is 0 Å². The molecule has 1 aliphatic carbocycles. The molecule has 1 saturated carbocycles. The maximum atomic E-state index is 2.31. The van der Waals surface area contributed by atoms with Crippen LogP contribution < -0.4 is 0 Å². The molecule has 0 radical (unpaired) electrons. The second-order valence-electron chi connectivity index (χ2n) is 3.99. The molecule has 2 rings (SSSR count). The molecule has 1 fully saturated rings. The number of hydrogen-bond donors (Lipinski definition) is 0. The lowest BCUT2D eigenvalue weighted by molar-refractivity contribution is 0.418. The van der Waals surface area contributed by atoms with Gasteiger partial charge in [-0.1, -0.05) is 44.0 Å². The summed E-state index contributed by atoms with van der Waals surface area (Å²) in [5, 5.41) is 0. The third-order valence-electron chi connectivity index (χ3n) is 2.97. The molecule has 0 aliphatic heterocycles. The first kappa shape index (κ1) is 11.3. The van der Waals surface area contributed by atoms with Gasteiger partial charge in [-0.2, -0.15) is 0 Å². The van der Waals surface area contributed by atoms with Gasteiger partial charge in [0.05, 0.1) is 0 Å². The van der Waals surface area contributed by atoms with Crippen molar-refractivity contribution in [2.24, 2.45) is 0 Å². The molecule has 0 saturated heterocycles. The molecule has 1 aliphatic rings. The van der Waals surface area contributed by atoms with Crippen LogP contribution in [-0.4, -0.2) is 0 Å². The van der Waals surface area contributed by atoms with Crippen molar-refractivity contribution in [1.29, 1.82) is 0 Å². The van der Waals surface area contributed by atoms with Crippen LogP contribution in [0.4, 0.5) is 0 Å². The Balaban J connectivity index is 0.000000461. The van der Waals surface area contributed by atoms with Gasteiger partial charge in [0.1, 0.15) is 0 Å². The van der Waals surface area contributed by atoms with Crippen LogP contribution in [0, 0.1) is 13.8 Å². The quantitative estimate of drug-likeness (QED) is 0.607. The van der Waals surface area contributed by atoms with E-state index < -0.39 is 0 Å². The number of rotatable bonds is 1. The molecule has 0 unspecified atom stereocenters. The molecule has 0 nitrogen and oxygen atoms in total. The zero-order chi connectivity index (χ0) is 10.6. The fourth-order valence-electron chi connectivity index (χ4n) is 2.00. The summed E-state index contributed by atoms with van der Waals surface area (Å²) in [5.74, 6) is 0.880. The van der Waals surface area contributed by atoms with Crippen molar-refractivity contribution in [3.05, 3.63) is 34.9 Å². The summed E-state index contributed by atoms with van der Waals surface area (Å²) in [6.45, 7) is 8.40. The molecule has 0 aromatic heterocycles. The number of hydrogen-bond acceptors (Lipinski definition) is 0. The molecule has 1 aromatic rings. The Labute approximate surface area is 88.4 Å². The Bertz CT molecular complexity index is 282. The molecular formula is C14H22. The summed E-state index contributed by atoms with van der Waals surface area (Å²) in [4.78, 5) is 0. The van der Waals surface area contributed by atoms with Crippen LogP contribution in [0.5, 0.6) is 0 Å². The highest BCUT2D eigenvalue weighted by molar-refractivity contribution is 5.33. The van der Waals surface area contributed by atoms with Gasteiger partial charge in [-0.15, -0.1) is 0 Å². The van der Waals surface area contributed by atoms with Gasteiger partial charge in [0.2, 0.25) is 0 Å². The van der Waals surface area contributed by atoms with E-state index >= 15 is 0 Å². The highest BCUT2D eigenvalue weighted by Gasteiger charge is 2.20. The number of aryl methyl sites for hydroxylation is 2. The van der Waals surface area contributed by atoms with E-state index in [2.05, 4.69) is 32.0 Å². The van der Waals surface area contributed by atoms with Gasteiger partial charge in [-0.05, 0) is 43.7 Å². The van der Waals surface area contributed by atoms with Crippen LogP contribution in [0.1, 0.15) is 55.7 Å². The lowest BCUT2D eigenvalue weighted by Crippen LogP contribution is -2.10. The Morgan fingerprint density at radius 3 is 2.14 bits per heavy atom. The molecule has 0 atom stereocenters. The van der Waals surface area contributed by atoms with Crippen LogP contribution in [0.3, 0.4) is 0 Å². The van der Waals surface area contributed by atoms with E-state index in [1.165, 1.54) is 30.4 Å². The third kappa shape index (κ3) is 2.37. The summed E-state index contributed by atoms with van der Waals surface area (Å²) in [6.07, 6.45) is 4.24. The zero-order valence-corrected chi connectivity index (χ0v) is 9.93. The first-order valence-electron chi connectivity index (χ1n) is 5.84. The minimum Gasteiger partial charge on any atom is -0.0683 e. The summed E-state index contributed by atoms with van der Waals surface area (Å²) in [6, 6.07) is 6.85. The van der Waals surface area contributed by atoms with Crippen molar-refractivity contribution in [2.75, 3.05) is 0 Å². The maximum absolute atomic E-state index is 2.31. The van der Waals surface area contributed by atoms with Crippen molar-refractivity contribution < 1.29 is 0 Å². The molecular weight excluding hydrogens is 168 g/mol. The average molecular weight is 190 g/mol. The minimum absolute atomic E-state index is 0.880. The third-order valence-corrected chi connectivity index (χ3v) is 2.97. The number of benzene rings is 1. The molecule has 0 spiro atoms. The Hall–Kier alpha value is -0.780. The first-order valence-corrected chi connectivity index (χ1v) is 5.84. The van der Waals surface area contributed by atoms with Crippen molar-refractivity contribution >= 4 is 0 Å². The maximum Gasteiger partial charge on any atom is -0.0159 e. The standard InChI is InChI=1S/C12H16.C2H6/c1-9-6-7-12(10(2)8-9)11-4-3-5-11;1-2/h6-8,11H,3-5H2,1-2H3;1-2H3. The average Bonchev–Trinajstić information content (AvgIpc) is 2.10. The highest BCUT2D eigenvalue weighted by Crippen LogP contribution is 2.37. The molecule has 78 valence electrons. The Morgan fingerprint density at radius 2 is 1.71 bits per heavy atom. The second kappa shape index (κ2) is 5.19. The Morgan fingerprint density at radius 1 is 1.07 bits per heavy atom. The molecule has 0 amide bonds. The summed E-state index contributed by atoms with van der Waals surface area (Å²) in [5.41, 5.74) is 4.46. The predicted molar refractivity (Wildman–Crippen MR) is 63.9 cm³/mol. The zero-order valence-electron chi connectivity index (χ0n) is 9.93. The van der Waals surface area contributed by atoms with Crippen LogP contribution in [0.15, 0.2) is 18.2 Å². The SMILES string of the molecule is CC.Cc1ccc(C2CCC2)c(C)c1. The summed E-state index contributed by atoms with van der Waals surface area (Å²) < 4.78 is 0. The van der Waals surface area contributed by atoms with E-state index in [0.29, 0.717) is 0 Å². The molecule has 1 aromatic carbocycles. The van der Waals surface area contributed by atoms with Crippen molar-refractivity contribution in [2.45, 2.75) is 52.9 Å². The molecule has 14 heavy (non-hydrogen) atoms. The molecule has 0 heteroatoms. The first-order chi connectivity index (χ1) is 6.77. The van der Waals surface area contributed by atoms with Crippen LogP contribution in [0.25, 0.3) is 0 Å². The van der Waals surface area contributed by atoms with Crippen LogP contribution in [-0.2, 0) is 0 Å². The van der Waals surface area contributed by atoms with E-state index in [1.807, 2.05) is 13.8 Å². The Kier molecular flexibility index (Phi) is 4.19. The van der Waals surface area contributed by atoms with E-state index in [4.69, 9.17) is 0 Å². The van der Waals surface area contributed by atoms with Crippen molar-refractivity contribution in [1.82, 2.24) is 0 Å². The van der Waals surface area contributed by atoms with E-state index in [1.54, 1.807) is 5.56 Å². The van der Waals surface area contributed by atoms with Gasteiger partial charge in [0, 0.05) is 0 Å². The molecule has 0 bridgehead atoms.